The van der Waals surface area contributed by atoms with Crippen LogP contribution in [0.15, 0.2) is 54.6 Å². The van der Waals surface area contributed by atoms with Crippen molar-refractivity contribution in [2.75, 3.05) is 19.0 Å². The second-order valence-electron chi connectivity index (χ2n) is 7.04. The molecule has 1 aliphatic rings. The van der Waals surface area contributed by atoms with Crippen molar-refractivity contribution in [3.8, 4) is 0 Å². The van der Waals surface area contributed by atoms with E-state index < -0.39 is 29.9 Å². The van der Waals surface area contributed by atoms with Crippen LogP contribution in [-0.2, 0) is 14.3 Å². The molecule has 1 heterocycles. The van der Waals surface area contributed by atoms with Crippen molar-refractivity contribution in [1.29, 1.82) is 0 Å². The van der Waals surface area contributed by atoms with Gasteiger partial charge in [0, 0.05) is 5.69 Å². The molecule has 9 nitrogen and oxygen atoms in total. The smallest absolute Gasteiger partial charge is 0.337 e. The van der Waals surface area contributed by atoms with Gasteiger partial charge in [-0.25, -0.2) is 14.4 Å². The monoisotopic (exact) mass is 425 g/mol. The third kappa shape index (κ3) is 5.19. The summed E-state index contributed by atoms with van der Waals surface area (Å²) in [5.74, 6) is -2.10. The zero-order valence-corrected chi connectivity index (χ0v) is 16.9. The third-order valence-corrected chi connectivity index (χ3v) is 5.08. The third-order valence-electron chi connectivity index (χ3n) is 5.08. The maximum atomic E-state index is 12.8. The second kappa shape index (κ2) is 9.75. The predicted molar refractivity (Wildman–Crippen MR) is 111 cm³/mol. The van der Waals surface area contributed by atoms with Gasteiger partial charge in [0.25, 0.3) is 0 Å². The van der Waals surface area contributed by atoms with Crippen molar-refractivity contribution < 1.29 is 29.0 Å². The maximum Gasteiger partial charge on any atom is 0.337 e. The number of anilines is 1. The van der Waals surface area contributed by atoms with Crippen molar-refractivity contribution in [1.82, 2.24) is 10.2 Å². The lowest BCUT2D eigenvalue weighted by atomic mass is 10.0. The largest absolute Gasteiger partial charge is 0.480 e. The summed E-state index contributed by atoms with van der Waals surface area (Å²) in [7, 11) is 1.26. The number of benzene rings is 2. The van der Waals surface area contributed by atoms with Gasteiger partial charge in [0.05, 0.1) is 25.3 Å². The van der Waals surface area contributed by atoms with Gasteiger partial charge in [-0.2, -0.15) is 0 Å². The van der Waals surface area contributed by atoms with Gasteiger partial charge in [-0.05, 0) is 36.6 Å². The number of carbonyl (C=O) groups excluding carboxylic acids is 3. The number of carboxylic acids is 1. The zero-order valence-electron chi connectivity index (χ0n) is 16.9. The molecule has 0 aromatic heterocycles. The second-order valence-corrected chi connectivity index (χ2v) is 7.04. The Kier molecular flexibility index (Phi) is 6.86. The molecular weight excluding hydrogens is 402 g/mol. The minimum Gasteiger partial charge on any atom is -0.480 e. The Balaban J connectivity index is 1.64. The number of likely N-dealkylation sites (tertiary alicyclic amines) is 1. The highest BCUT2D eigenvalue weighted by atomic mass is 16.5. The highest BCUT2D eigenvalue weighted by Gasteiger charge is 2.41. The molecule has 31 heavy (non-hydrogen) atoms. The molecule has 2 aromatic rings. The quantitative estimate of drug-likeness (QED) is 0.611. The number of aliphatic carboxylic acids is 1. The van der Waals surface area contributed by atoms with Crippen LogP contribution in [-0.4, -0.2) is 53.6 Å². The summed E-state index contributed by atoms with van der Waals surface area (Å²) < 4.78 is 4.64. The van der Waals surface area contributed by atoms with Crippen LogP contribution < -0.4 is 10.6 Å². The Hall–Kier alpha value is -3.88. The lowest BCUT2D eigenvalue weighted by molar-refractivity contribution is -0.149. The molecule has 1 aliphatic heterocycles. The Bertz CT molecular complexity index is 978. The van der Waals surface area contributed by atoms with Crippen molar-refractivity contribution in [3.63, 3.8) is 0 Å². The van der Waals surface area contributed by atoms with Crippen molar-refractivity contribution in [2.45, 2.75) is 24.9 Å². The van der Waals surface area contributed by atoms with Gasteiger partial charge in [-0.3, -0.25) is 4.79 Å². The van der Waals surface area contributed by atoms with E-state index in [1.54, 1.807) is 18.2 Å². The van der Waals surface area contributed by atoms with Crippen LogP contribution in [0.25, 0.3) is 0 Å². The number of carbonyl (C=O) groups is 4. The van der Waals surface area contributed by atoms with Gasteiger partial charge in [0.15, 0.2) is 0 Å². The highest BCUT2D eigenvalue weighted by molar-refractivity contribution is 5.95. The van der Waals surface area contributed by atoms with Crippen LogP contribution in [0.5, 0.6) is 0 Å². The first-order valence-electron chi connectivity index (χ1n) is 9.73. The number of hydrogen-bond acceptors (Lipinski definition) is 5. The lowest BCUT2D eigenvalue weighted by Crippen LogP contribution is -2.47. The van der Waals surface area contributed by atoms with Crippen molar-refractivity contribution >= 4 is 29.6 Å². The van der Waals surface area contributed by atoms with E-state index in [0.717, 1.165) is 5.56 Å². The first-order valence-corrected chi connectivity index (χ1v) is 9.73. The first-order chi connectivity index (χ1) is 14.9. The molecule has 9 heteroatoms. The van der Waals surface area contributed by atoms with Crippen LogP contribution in [0.4, 0.5) is 10.5 Å². The number of hydrogen-bond donors (Lipinski definition) is 3. The van der Waals surface area contributed by atoms with Crippen LogP contribution in [0.2, 0.25) is 0 Å². The highest BCUT2D eigenvalue weighted by Crippen LogP contribution is 2.36. The summed E-state index contributed by atoms with van der Waals surface area (Å²) in [5.41, 5.74) is 1.46. The summed E-state index contributed by atoms with van der Waals surface area (Å²) in [6.07, 6.45) is 0.867. The van der Waals surface area contributed by atoms with E-state index in [9.17, 15) is 24.3 Å². The number of rotatable bonds is 6. The molecule has 0 spiro atoms. The number of urea groups is 1. The van der Waals surface area contributed by atoms with Gasteiger partial charge in [-0.15, -0.1) is 0 Å². The molecule has 3 rings (SSSR count). The van der Waals surface area contributed by atoms with E-state index >= 15 is 0 Å². The molecular formula is C22H23N3O6. The van der Waals surface area contributed by atoms with E-state index in [1.165, 1.54) is 18.1 Å². The number of ether oxygens (including phenoxy) is 1. The molecule has 0 unspecified atom stereocenters. The molecule has 0 bridgehead atoms. The number of carboxylic acid groups (broad SMARTS) is 1. The minimum absolute atomic E-state index is 0.267. The topological polar surface area (TPSA) is 125 Å². The van der Waals surface area contributed by atoms with Crippen molar-refractivity contribution in [2.24, 2.45) is 0 Å². The number of amides is 3. The van der Waals surface area contributed by atoms with Gasteiger partial charge in [0.1, 0.15) is 6.04 Å². The molecule has 1 saturated heterocycles. The molecule has 1 fully saturated rings. The molecule has 0 radical (unpaired) electrons. The zero-order chi connectivity index (χ0) is 22.4. The van der Waals surface area contributed by atoms with Gasteiger partial charge in [-0.1, -0.05) is 36.4 Å². The Labute approximate surface area is 179 Å². The number of nitrogens with one attached hydrogen (secondary N) is 2. The summed E-state index contributed by atoms with van der Waals surface area (Å²) in [4.78, 5) is 49.6. The molecule has 0 saturated carbocycles. The predicted octanol–water partition coefficient (Wildman–Crippen LogP) is 2.41. The van der Waals surface area contributed by atoms with E-state index in [-0.39, 0.29) is 18.2 Å². The summed E-state index contributed by atoms with van der Waals surface area (Å²) in [6.45, 7) is -0.365. The summed E-state index contributed by atoms with van der Waals surface area (Å²) in [6, 6.07) is 13.4. The number of methoxy groups -OCH3 is 1. The van der Waals surface area contributed by atoms with Gasteiger partial charge < -0.3 is 25.4 Å². The van der Waals surface area contributed by atoms with Gasteiger partial charge in [0.2, 0.25) is 5.91 Å². The van der Waals surface area contributed by atoms with E-state index in [2.05, 4.69) is 15.4 Å². The molecule has 2 atom stereocenters. The maximum absolute atomic E-state index is 12.8. The molecule has 3 N–H and O–H groups in total. The van der Waals surface area contributed by atoms with Crippen molar-refractivity contribution in [3.05, 3.63) is 65.7 Å². The fraction of sp³-hybridized carbons (Fsp3) is 0.273. The first kappa shape index (κ1) is 21.8. The standard InChI is InChI=1S/C22H23N3O6/c1-31-21(29)15-8-5-9-16(12-15)24-22(30)23-13-19(26)25-17(10-11-18(25)20(27)28)14-6-3-2-4-7-14/h2-9,12,17-18H,10-11,13H2,1H3,(H,27,28)(H2,23,24,30)/t17-,18+/m0/s1. The van der Waals surface area contributed by atoms with Crippen LogP contribution in [0.3, 0.4) is 0 Å². The SMILES string of the molecule is COC(=O)c1cccc(NC(=O)NCC(=O)N2[C@@H](C(=O)O)CC[C@H]2c2ccccc2)c1. The Morgan fingerprint density at radius 3 is 2.48 bits per heavy atom. The van der Waals surface area contributed by atoms with E-state index in [0.29, 0.717) is 18.5 Å². The van der Waals surface area contributed by atoms with Gasteiger partial charge >= 0.3 is 18.0 Å². The summed E-state index contributed by atoms with van der Waals surface area (Å²) in [5, 5.41) is 14.5. The molecule has 162 valence electrons. The fourth-order valence-electron chi connectivity index (χ4n) is 3.67. The average Bonchev–Trinajstić information content (AvgIpc) is 3.23. The Morgan fingerprint density at radius 2 is 1.81 bits per heavy atom. The van der Waals surface area contributed by atoms with E-state index in [1.807, 2.05) is 30.3 Å². The minimum atomic E-state index is -1.07. The lowest BCUT2D eigenvalue weighted by Gasteiger charge is -2.28. The van der Waals surface area contributed by atoms with Crippen LogP contribution in [0.1, 0.15) is 34.8 Å². The molecule has 2 aromatic carbocycles. The van der Waals surface area contributed by atoms with Crippen LogP contribution in [0, 0.1) is 0 Å². The summed E-state index contributed by atoms with van der Waals surface area (Å²) >= 11 is 0. The van der Waals surface area contributed by atoms with Crippen LogP contribution >= 0.6 is 0 Å². The molecule has 3 amide bonds. The number of nitrogens with zero attached hydrogens (tertiary/aromatic N) is 1. The normalized spacial score (nSPS) is 17.6. The Morgan fingerprint density at radius 1 is 1.06 bits per heavy atom. The molecule has 0 aliphatic carbocycles. The average molecular weight is 425 g/mol. The fourth-order valence-corrected chi connectivity index (χ4v) is 3.67. The van der Waals surface area contributed by atoms with E-state index in [4.69, 9.17) is 0 Å². The number of esters is 1.